The maximum atomic E-state index is 12.3. The summed E-state index contributed by atoms with van der Waals surface area (Å²) >= 11 is 3.32. The van der Waals surface area contributed by atoms with Gasteiger partial charge >= 0.3 is 5.97 Å². The van der Waals surface area contributed by atoms with E-state index in [1.807, 2.05) is 12.1 Å². The molecule has 2 rings (SSSR count). The van der Waals surface area contributed by atoms with Crippen molar-refractivity contribution >= 4 is 39.6 Å². The summed E-state index contributed by atoms with van der Waals surface area (Å²) in [6.45, 7) is 1.29. The lowest BCUT2D eigenvalue weighted by Crippen LogP contribution is -2.13. The molecule has 0 heterocycles. The van der Waals surface area contributed by atoms with Crippen molar-refractivity contribution in [3.8, 4) is 17.6 Å². The fourth-order valence-electron chi connectivity index (χ4n) is 2.09. The van der Waals surface area contributed by atoms with Crippen molar-refractivity contribution in [3.05, 3.63) is 58.1 Å². The molecule has 7 heteroatoms. The lowest BCUT2D eigenvalue weighted by atomic mass is 10.1. The summed E-state index contributed by atoms with van der Waals surface area (Å²) in [5.74, 6) is -0.431. The van der Waals surface area contributed by atoms with Gasteiger partial charge in [-0.15, -0.1) is 0 Å². The third kappa shape index (κ3) is 5.19. The molecule has 0 aliphatic rings. The monoisotopic (exact) mass is 414 g/mol. The molecular weight excluding hydrogens is 400 g/mol. The van der Waals surface area contributed by atoms with Crippen LogP contribution in [-0.2, 0) is 9.59 Å². The van der Waals surface area contributed by atoms with E-state index in [4.69, 9.17) is 9.47 Å². The summed E-state index contributed by atoms with van der Waals surface area (Å²) in [5.41, 5.74) is 1.04. The molecular formula is C19H15BrN2O4. The van der Waals surface area contributed by atoms with Crippen molar-refractivity contribution in [1.29, 1.82) is 5.26 Å². The number of nitrogens with zero attached hydrogens (tertiary/aromatic N) is 1. The van der Waals surface area contributed by atoms with Crippen LogP contribution in [0.5, 0.6) is 11.5 Å². The van der Waals surface area contributed by atoms with Gasteiger partial charge in [-0.3, -0.25) is 9.59 Å². The number of carbonyl (C=O) groups is 2. The number of esters is 1. The molecule has 2 aromatic carbocycles. The van der Waals surface area contributed by atoms with E-state index in [2.05, 4.69) is 21.2 Å². The van der Waals surface area contributed by atoms with Crippen LogP contribution in [0, 0.1) is 11.3 Å². The first-order chi connectivity index (χ1) is 12.4. The highest BCUT2D eigenvalue weighted by molar-refractivity contribution is 9.10. The molecule has 0 atom stereocenters. The molecule has 0 fully saturated rings. The lowest BCUT2D eigenvalue weighted by Gasteiger charge is -2.09. The van der Waals surface area contributed by atoms with E-state index in [0.717, 1.165) is 4.47 Å². The first kappa shape index (κ1) is 19.2. The van der Waals surface area contributed by atoms with Gasteiger partial charge in [0, 0.05) is 17.1 Å². The standard InChI is InChI=1S/C19H15BrN2O4/c1-12(23)26-17-7-6-13(9-18(17)25-2)8-14(11-21)19(24)22-16-5-3-4-15(20)10-16/h3-10H,1-2H3,(H,22,24)/b14-8-. The molecule has 0 aromatic heterocycles. The van der Waals surface area contributed by atoms with Crippen molar-refractivity contribution < 1.29 is 19.1 Å². The molecule has 0 aliphatic carbocycles. The van der Waals surface area contributed by atoms with Crippen LogP contribution in [-0.4, -0.2) is 19.0 Å². The first-order valence-electron chi connectivity index (χ1n) is 7.48. The zero-order chi connectivity index (χ0) is 19.1. The highest BCUT2D eigenvalue weighted by Gasteiger charge is 2.12. The Morgan fingerprint density at radius 3 is 2.58 bits per heavy atom. The Balaban J connectivity index is 2.26. The van der Waals surface area contributed by atoms with Crippen LogP contribution in [0.2, 0.25) is 0 Å². The number of amides is 1. The van der Waals surface area contributed by atoms with Crippen LogP contribution in [0.3, 0.4) is 0 Å². The minimum Gasteiger partial charge on any atom is -0.493 e. The number of hydrogen-bond donors (Lipinski definition) is 1. The third-order valence-electron chi connectivity index (χ3n) is 3.20. The molecule has 2 aromatic rings. The van der Waals surface area contributed by atoms with E-state index >= 15 is 0 Å². The number of anilines is 1. The minimum atomic E-state index is -0.534. The second kappa shape index (κ2) is 8.83. The molecule has 1 amide bonds. The average Bonchev–Trinajstić information content (AvgIpc) is 2.60. The molecule has 0 bridgehead atoms. The highest BCUT2D eigenvalue weighted by Crippen LogP contribution is 2.29. The van der Waals surface area contributed by atoms with Crippen LogP contribution in [0.1, 0.15) is 12.5 Å². The van der Waals surface area contributed by atoms with Gasteiger partial charge in [0.05, 0.1) is 7.11 Å². The van der Waals surface area contributed by atoms with Gasteiger partial charge in [0.25, 0.3) is 5.91 Å². The number of halogens is 1. The van der Waals surface area contributed by atoms with Crippen LogP contribution < -0.4 is 14.8 Å². The number of nitriles is 1. The molecule has 132 valence electrons. The first-order valence-corrected chi connectivity index (χ1v) is 8.27. The summed E-state index contributed by atoms with van der Waals surface area (Å²) in [6, 6.07) is 13.6. The number of carbonyl (C=O) groups excluding carboxylic acids is 2. The number of hydrogen-bond acceptors (Lipinski definition) is 5. The lowest BCUT2D eigenvalue weighted by molar-refractivity contribution is -0.132. The Hall–Kier alpha value is -3.11. The fourth-order valence-corrected chi connectivity index (χ4v) is 2.49. The molecule has 0 aliphatic heterocycles. The SMILES string of the molecule is COc1cc(/C=C(/C#N)C(=O)Nc2cccc(Br)c2)ccc1OC(C)=O. The zero-order valence-electron chi connectivity index (χ0n) is 14.1. The Kier molecular flexibility index (Phi) is 6.53. The molecule has 0 saturated heterocycles. The fraction of sp³-hybridized carbons (Fsp3) is 0.105. The summed E-state index contributed by atoms with van der Waals surface area (Å²) in [5, 5.41) is 12.0. The second-order valence-corrected chi connectivity index (χ2v) is 6.05. The van der Waals surface area contributed by atoms with Crippen molar-refractivity contribution in [3.63, 3.8) is 0 Å². The predicted octanol–water partition coefficient (Wildman–Crippen LogP) is 3.93. The van der Waals surface area contributed by atoms with Crippen molar-refractivity contribution in [2.45, 2.75) is 6.92 Å². The minimum absolute atomic E-state index is 0.0766. The van der Waals surface area contributed by atoms with E-state index in [9.17, 15) is 14.9 Å². The maximum Gasteiger partial charge on any atom is 0.308 e. The van der Waals surface area contributed by atoms with E-state index in [1.165, 1.54) is 26.2 Å². The summed E-state index contributed by atoms with van der Waals surface area (Å²) in [6.07, 6.45) is 1.42. The van der Waals surface area contributed by atoms with Gasteiger partial charge in [-0.25, -0.2) is 0 Å². The molecule has 0 saturated carbocycles. The van der Waals surface area contributed by atoms with Crippen molar-refractivity contribution in [2.24, 2.45) is 0 Å². The van der Waals surface area contributed by atoms with Crippen LogP contribution in [0.15, 0.2) is 52.5 Å². The van der Waals surface area contributed by atoms with E-state index < -0.39 is 11.9 Å². The van der Waals surface area contributed by atoms with Gasteiger partial charge in [0.2, 0.25) is 0 Å². The molecule has 0 radical (unpaired) electrons. The number of methoxy groups -OCH3 is 1. The summed E-state index contributed by atoms with van der Waals surface area (Å²) < 4.78 is 11.0. The summed E-state index contributed by atoms with van der Waals surface area (Å²) in [7, 11) is 1.43. The van der Waals surface area contributed by atoms with Gasteiger partial charge in [0.1, 0.15) is 11.6 Å². The van der Waals surface area contributed by atoms with Gasteiger partial charge < -0.3 is 14.8 Å². The zero-order valence-corrected chi connectivity index (χ0v) is 15.7. The number of nitrogens with one attached hydrogen (secondary N) is 1. The molecule has 26 heavy (non-hydrogen) atoms. The van der Waals surface area contributed by atoms with Crippen LogP contribution >= 0.6 is 15.9 Å². The third-order valence-corrected chi connectivity index (χ3v) is 3.69. The Morgan fingerprint density at radius 1 is 1.19 bits per heavy atom. The molecule has 0 spiro atoms. The van der Waals surface area contributed by atoms with Crippen LogP contribution in [0.25, 0.3) is 6.08 Å². The van der Waals surface area contributed by atoms with Crippen LogP contribution in [0.4, 0.5) is 5.69 Å². The Bertz CT molecular complexity index is 916. The number of rotatable bonds is 5. The van der Waals surface area contributed by atoms with Gasteiger partial charge in [-0.2, -0.15) is 5.26 Å². The van der Waals surface area contributed by atoms with Gasteiger partial charge in [-0.05, 0) is 42.0 Å². The number of ether oxygens (including phenoxy) is 2. The van der Waals surface area contributed by atoms with E-state index in [-0.39, 0.29) is 11.3 Å². The smallest absolute Gasteiger partial charge is 0.308 e. The normalized spacial score (nSPS) is 10.6. The highest BCUT2D eigenvalue weighted by atomic mass is 79.9. The second-order valence-electron chi connectivity index (χ2n) is 5.14. The number of benzene rings is 2. The molecule has 6 nitrogen and oxygen atoms in total. The molecule has 1 N–H and O–H groups in total. The maximum absolute atomic E-state index is 12.3. The quantitative estimate of drug-likeness (QED) is 0.346. The van der Waals surface area contributed by atoms with E-state index in [0.29, 0.717) is 17.0 Å². The Morgan fingerprint density at radius 2 is 1.96 bits per heavy atom. The average molecular weight is 415 g/mol. The Labute approximate surface area is 159 Å². The predicted molar refractivity (Wildman–Crippen MR) is 101 cm³/mol. The van der Waals surface area contributed by atoms with Crippen molar-refractivity contribution in [1.82, 2.24) is 0 Å². The van der Waals surface area contributed by atoms with Crippen molar-refractivity contribution in [2.75, 3.05) is 12.4 Å². The van der Waals surface area contributed by atoms with E-state index in [1.54, 1.807) is 30.3 Å². The largest absolute Gasteiger partial charge is 0.493 e. The molecule has 0 unspecified atom stereocenters. The topological polar surface area (TPSA) is 88.4 Å². The van der Waals surface area contributed by atoms with Gasteiger partial charge in [0.15, 0.2) is 11.5 Å². The van der Waals surface area contributed by atoms with Gasteiger partial charge in [-0.1, -0.05) is 28.1 Å². The summed E-state index contributed by atoms with van der Waals surface area (Å²) in [4.78, 5) is 23.4.